The Morgan fingerprint density at radius 3 is 2.81 bits per heavy atom. The summed E-state index contributed by atoms with van der Waals surface area (Å²) in [7, 11) is 0. The molecule has 0 aromatic carbocycles. The summed E-state index contributed by atoms with van der Waals surface area (Å²) in [6.07, 6.45) is 0. The number of amides is 1. The maximum Gasteiger partial charge on any atom is 0.274 e. The number of nitrogens with zero attached hydrogens (tertiary/aromatic N) is 2. The molecule has 2 rings (SSSR count). The highest BCUT2D eigenvalue weighted by atomic mass is 35.5. The molecule has 16 heavy (non-hydrogen) atoms. The van der Waals surface area contributed by atoms with Gasteiger partial charge in [-0.05, 0) is 19.1 Å². The predicted molar refractivity (Wildman–Crippen MR) is 62.8 cm³/mol. The van der Waals surface area contributed by atoms with Gasteiger partial charge < -0.3 is 10.2 Å². The second kappa shape index (κ2) is 4.80. The highest BCUT2D eigenvalue weighted by Crippen LogP contribution is 2.16. The van der Waals surface area contributed by atoms with E-state index < -0.39 is 0 Å². The Balaban J connectivity index is 2.22. The molecule has 0 spiro atoms. The maximum absolute atomic E-state index is 12.1. The van der Waals surface area contributed by atoms with Crippen LogP contribution in [0.5, 0.6) is 0 Å². The summed E-state index contributed by atoms with van der Waals surface area (Å²) in [5, 5.41) is 3.62. The zero-order chi connectivity index (χ0) is 11.5. The van der Waals surface area contributed by atoms with E-state index in [4.69, 9.17) is 11.6 Å². The van der Waals surface area contributed by atoms with Crippen molar-refractivity contribution in [3.05, 3.63) is 28.5 Å². The third-order valence-electron chi connectivity index (χ3n) is 2.59. The Kier molecular flexibility index (Phi) is 3.41. The average Bonchev–Trinajstić information content (AvgIpc) is 2.32. The molecule has 1 saturated heterocycles. The second-order valence-electron chi connectivity index (χ2n) is 3.83. The molecular formula is C11H14ClN3O. The van der Waals surface area contributed by atoms with Gasteiger partial charge in [0, 0.05) is 31.9 Å². The number of rotatable bonds is 1. The molecule has 2 heterocycles. The third-order valence-corrected chi connectivity index (χ3v) is 2.90. The maximum atomic E-state index is 12.1. The Labute approximate surface area is 99.6 Å². The van der Waals surface area contributed by atoms with E-state index in [1.165, 1.54) is 0 Å². The monoisotopic (exact) mass is 239 g/mol. The molecule has 1 fully saturated rings. The second-order valence-corrected chi connectivity index (χ2v) is 4.23. The number of piperazine rings is 1. The van der Waals surface area contributed by atoms with Crippen LogP contribution >= 0.6 is 11.6 Å². The lowest BCUT2D eigenvalue weighted by Crippen LogP contribution is -2.46. The lowest BCUT2D eigenvalue weighted by atomic mass is 10.2. The molecule has 1 aliphatic heterocycles. The predicted octanol–water partition coefficient (Wildman–Crippen LogP) is 1.09. The van der Waals surface area contributed by atoms with E-state index in [9.17, 15) is 4.79 Å². The molecule has 1 N–H and O–H groups in total. The minimum atomic E-state index is -0.0739. The number of nitrogens with one attached hydrogen (secondary N) is 1. The van der Waals surface area contributed by atoms with Gasteiger partial charge in [0.2, 0.25) is 0 Å². The van der Waals surface area contributed by atoms with Crippen molar-refractivity contribution in [1.82, 2.24) is 15.2 Å². The molecule has 0 atom stereocenters. The summed E-state index contributed by atoms with van der Waals surface area (Å²) >= 11 is 5.98. The molecular weight excluding hydrogens is 226 g/mol. The van der Waals surface area contributed by atoms with Crippen LogP contribution in [0.3, 0.4) is 0 Å². The molecule has 86 valence electrons. The fourth-order valence-corrected chi connectivity index (χ4v) is 1.89. The molecule has 0 saturated carbocycles. The molecule has 0 bridgehead atoms. The summed E-state index contributed by atoms with van der Waals surface area (Å²) < 4.78 is 0. The van der Waals surface area contributed by atoms with Gasteiger partial charge in [-0.2, -0.15) is 0 Å². The van der Waals surface area contributed by atoms with E-state index in [1.54, 1.807) is 17.0 Å². The van der Waals surface area contributed by atoms with Gasteiger partial charge >= 0.3 is 0 Å². The fraction of sp³-hybridized carbons (Fsp3) is 0.455. The Morgan fingerprint density at radius 2 is 2.12 bits per heavy atom. The lowest BCUT2D eigenvalue weighted by Gasteiger charge is -2.27. The number of aryl methyl sites for hydroxylation is 1. The van der Waals surface area contributed by atoms with Crippen LogP contribution in [0, 0.1) is 6.92 Å². The first-order valence-electron chi connectivity index (χ1n) is 5.31. The standard InChI is InChI=1S/C11H14ClN3O/c1-8-2-3-9(12)10(14-8)11(16)15-6-4-13-5-7-15/h2-3,13H,4-7H2,1H3. The van der Waals surface area contributed by atoms with Gasteiger partial charge in [0.25, 0.3) is 5.91 Å². The first-order valence-corrected chi connectivity index (χ1v) is 5.69. The number of hydrogen-bond donors (Lipinski definition) is 1. The first-order chi connectivity index (χ1) is 7.68. The van der Waals surface area contributed by atoms with E-state index in [0.717, 1.165) is 18.8 Å². The van der Waals surface area contributed by atoms with Crippen LogP contribution in [0.15, 0.2) is 12.1 Å². The Bertz CT molecular complexity index is 402. The largest absolute Gasteiger partial charge is 0.335 e. The number of carbonyl (C=O) groups is 1. The van der Waals surface area contributed by atoms with Gasteiger partial charge in [-0.3, -0.25) is 4.79 Å². The van der Waals surface area contributed by atoms with Crippen LogP contribution in [0.2, 0.25) is 5.02 Å². The van der Waals surface area contributed by atoms with Gasteiger partial charge in [-0.15, -0.1) is 0 Å². The van der Waals surface area contributed by atoms with Crippen molar-refractivity contribution in [2.24, 2.45) is 0 Å². The quantitative estimate of drug-likeness (QED) is 0.798. The topological polar surface area (TPSA) is 45.2 Å². The number of carbonyl (C=O) groups excluding carboxylic acids is 1. The SMILES string of the molecule is Cc1ccc(Cl)c(C(=O)N2CCNCC2)n1. The molecule has 5 heteroatoms. The molecule has 0 aliphatic carbocycles. The van der Waals surface area contributed by atoms with Crippen molar-refractivity contribution in [3.8, 4) is 0 Å². The number of aromatic nitrogens is 1. The molecule has 1 amide bonds. The van der Waals surface area contributed by atoms with Crippen molar-refractivity contribution in [1.29, 1.82) is 0 Å². The van der Waals surface area contributed by atoms with E-state index in [0.29, 0.717) is 23.8 Å². The van der Waals surface area contributed by atoms with Crippen LogP contribution in [0.1, 0.15) is 16.2 Å². The van der Waals surface area contributed by atoms with Crippen molar-refractivity contribution >= 4 is 17.5 Å². The molecule has 1 aromatic rings. The van der Waals surface area contributed by atoms with E-state index in [-0.39, 0.29) is 5.91 Å². The fourth-order valence-electron chi connectivity index (χ4n) is 1.71. The lowest BCUT2D eigenvalue weighted by molar-refractivity contribution is 0.0730. The summed E-state index contributed by atoms with van der Waals surface area (Å²) in [5.41, 5.74) is 1.17. The summed E-state index contributed by atoms with van der Waals surface area (Å²) in [6, 6.07) is 3.52. The molecule has 0 unspecified atom stereocenters. The van der Waals surface area contributed by atoms with Crippen LogP contribution in [0.4, 0.5) is 0 Å². The highest BCUT2D eigenvalue weighted by molar-refractivity contribution is 6.33. The number of halogens is 1. The van der Waals surface area contributed by atoms with Gasteiger partial charge in [0.15, 0.2) is 0 Å². The smallest absolute Gasteiger partial charge is 0.274 e. The summed E-state index contributed by atoms with van der Waals surface area (Å²) in [5.74, 6) is -0.0739. The summed E-state index contributed by atoms with van der Waals surface area (Å²) in [4.78, 5) is 18.1. The van der Waals surface area contributed by atoms with Crippen LogP contribution in [0.25, 0.3) is 0 Å². The van der Waals surface area contributed by atoms with Crippen molar-refractivity contribution < 1.29 is 4.79 Å². The van der Waals surface area contributed by atoms with Gasteiger partial charge in [-0.25, -0.2) is 4.98 Å². The van der Waals surface area contributed by atoms with Gasteiger partial charge in [0.05, 0.1) is 5.02 Å². The first kappa shape index (κ1) is 11.4. The normalized spacial score (nSPS) is 16.2. The minimum Gasteiger partial charge on any atom is -0.335 e. The van der Waals surface area contributed by atoms with E-state index in [2.05, 4.69) is 10.3 Å². The van der Waals surface area contributed by atoms with Crippen LogP contribution in [-0.4, -0.2) is 42.0 Å². The molecule has 1 aliphatic rings. The average molecular weight is 240 g/mol. The highest BCUT2D eigenvalue weighted by Gasteiger charge is 2.21. The summed E-state index contributed by atoms with van der Waals surface area (Å²) in [6.45, 7) is 4.94. The van der Waals surface area contributed by atoms with Crippen molar-refractivity contribution in [3.63, 3.8) is 0 Å². The molecule has 4 nitrogen and oxygen atoms in total. The van der Waals surface area contributed by atoms with E-state index >= 15 is 0 Å². The zero-order valence-electron chi connectivity index (χ0n) is 9.16. The molecule has 1 aromatic heterocycles. The zero-order valence-corrected chi connectivity index (χ0v) is 9.92. The third kappa shape index (κ3) is 2.33. The number of pyridine rings is 1. The minimum absolute atomic E-state index is 0.0739. The van der Waals surface area contributed by atoms with Gasteiger partial charge in [-0.1, -0.05) is 11.6 Å². The molecule has 0 radical (unpaired) electrons. The van der Waals surface area contributed by atoms with Gasteiger partial charge in [0.1, 0.15) is 5.69 Å². The van der Waals surface area contributed by atoms with Crippen molar-refractivity contribution in [2.45, 2.75) is 6.92 Å². The Hall–Kier alpha value is -1.13. The number of hydrogen-bond acceptors (Lipinski definition) is 3. The van der Waals surface area contributed by atoms with Crippen LogP contribution < -0.4 is 5.32 Å². The van der Waals surface area contributed by atoms with E-state index in [1.807, 2.05) is 6.92 Å². The van der Waals surface area contributed by atoms with Crippen molar-refractivity contribution in [2.75, 3.05) is 26.2 Å². The Morgan fingerprint density at radius 1 is 1.44 bits per heavy atom. The van der Waals surface area contributed by atoms with Crippen LogP contribution in [-0.2, 0) is 0 Å².